The third-order valence-corrected chi connectivity index (χ3v) is 7.41. The Labute approximate surface area is 210 Å². The lowest BCUT2D eigenvalue weighted by atomic mass is 9.83. The highest BCUT2D eigenvalue weighted by atomic mass is 35.5. The molecule has 0 spiro atoms. The number of nitrogens with zero attached hydrogens (tertiary/aromatic N) is 3. The van der Waals surface area contributed by atoms with Gasteiger partial charge in [-0.3, -0.25) is 24.5 Å². The summed E-state index contributed by atoms with van der Waals surface area (Å²) in [4.78, 5) is 55.2. The molecule has 178 valence electrons. The van der Waals surface area contributed by atoms with E-state index in [1.807, 2.05) is 30.3 Å². The third kappa shape index (κ3) is 3.18. The van der Waals surface area contributed by atoms with Gasteiger partial charge in [0.15, 0.2) is 5.78 Å². The number of carbonyl (C=O) groups is 3. The number of rotatable bonds is 4. The average Bonchev–Trinajstić information content (AvgIpc) is 3.37. The molecule has 3 aromatic carbocycles. The zero-order valence-electron chi connectivity index (χ0n) is 18.7. The molecule has 2 saturated heterocycles. The zero-order valence-corrected chi connectivity index (χ0v) is 19.4. The van der Waals surface area contributed by atoms with Gasteiger partial charge in [0.25, 0.3) is 5.69 Å². The van der Waals surface area contributed by atoms with E-state index in [-0.39, 0.29) is 17.2 Å². The van der Waals surface area contributed by atoms with Crippen LogP contribution in [0.15, 0.2) is 79.0 Å². The summed E-state index contributed by atoms with van der Waals surface area (Å²) in [7, 11) is 0. The van der Waals surface area contributed by atoms with Crippen molar-refractivity contribution in [3.8, 4) is 0 Å². The van der Waals surface area contributed by atoms with Gasteiger partial charge in [-0.2, -0.15) is 0 Å². The number of carbonyl (C=O) groups excluding carboxylic acids is 3. The van der Waals surface area contributed by atoms with Crippen LogP contribution in [-0.4, -0.2) is 33.5 Å². The van der Waals surface area contributed by atoms with Crippen LogP contribution in [0.5, 0.6) is 0 Å². The molecule has 3 aliphatic rings. The molecule has 9 heteroatoms. The first kappa shape index (κ1) is 22.2. The quantitative estimate of drug-likeness (QED) is 0.224. The Bertz CT molecular complexity index is 1480. The number of imide groups is 1. The Morgan fingerprint density at radius 3 is 2.39 bits per heavy atom. The van der Waals surface area contributed by atoms with E-state index in [1.54, 1.807) is 35.4 Å². The van der Waals surface area contributed by atoms with E-state index in [0.717, 1.165) is 16.0 Å². The van der Waals surface area contributed by atoms with E-state index in [1.165, 1.54) is 24.3 Å². The maximum absolute atomic E-state index is 13.9. The van der Waals surface area contributed by atoms with Crippen LogP contribution in [0, 0.1) is 22.0 Å². The Balaban J connectivity index is 1.49. The lowest BCUT2D eigenvalue weighted by molar-refractivity contribution is -0.384. The molecule has 3 aromatic rings. The number of Topliss-reactive ketones (excluding diaryl/α,β-unsaturated/α-hetero) is 1. The van der Waals surface area contributed by atoms with Gasteiger partial charge in [0.05, 0.1) is 28.5 Å². The number of ketones is 1. The summed E-state index contributed by atoms with van der Waals surface area (Å²) >= 11 is 6.01. The Morgan fingerprint density at radius 1 is 0.917 bits per heavy atom. The topological polar surface area (TPSA) is 101 Å². The number of hydrogen-bond acceptors (Lipinski definition) is 6. The fraction of sp³-hybridized carbons (Fsp3) is 0.148. The largest absolute Gasteiger partial charge is 0.358 e. The van der Waals surface area contributed by atoms with E-state index >= 15 is 0 Å². The lowest BCUT2D eigenvalue weighted by Gasteiger charge is -2.35. The van der Waals surface area contributed by atoms with Crippen molar-refractivity contribution in [2.45, 2.75) is 12.1 Å². The van der Waals surface area contributed by atoms with Gasteiger partial charge in [0, 0.05) is 28.9 Å². The van der Waals surface area contributed by atoms with Gasteiger partial charge in [0.2, 0.25) is 11.8 Å². The van der Waals surface area contributed by atoms with Crippen LogP contribution in [0.1, 0.15) is 27.5 Å². The molecule has 0 N–H and O–H groups in total. The first-order valence-electron chi connectivity index (χ1n) is 11.3. The van der Waals surface area contributed by atoms with E-state index < -0.39 is 40.5 Å². The van der Waals surface area contributed by atoms with Gasteiger partial charge in [0.1, 0.15) is 6.04 Å². The highest BCUT2D eigenvalue weighted by Gasteiger charge is 2.64. The zero-order chi connectivity index (χ0) is 25.1. The van der Waals surface area contributed by atoms with Crippen molar-refractivity contribution in [3.63, 3.8) is 0 Å². The van der Waals surface area contributed by atoms with Crippen molar-refractivity contribution < 1.29 is 19.3 Å². The van der Waals surface area contributed by atoms with E-state index in [9.17, 15) is 24.5 Å². The number of nitro benzene ring substituents is 1. The van der Waals surface area contributed by atoms with E-state index in [2.05, 4.69) is 0 Å². The lowest BCUT2D eigenvalue weighted by Crippen LogP contribution is -2.44. The molecule has 36 heavy (non-hydrogen) atoms. The maximum Gasteiger partial charge on any atom is 0.270 e. The summed E-state index contributed by atoms with van der Waals surface area (Å²) in [6.07, 6.45) is 3.60. The summed E-state index contributed by atoms with van der Waals surface area (Å²) in [5, 5.41) is 11.8. The van der Waals surface area contributed by atoms with Crippen LogP contribution >= 0.6 is 11.6 Å². The number of anilines is 1. The smallest absolute Gasteiger partial charge is 0.270 e. The van der Waals surface area contributed by atoms with E-state index in [4.69, 9.17) is 11.6 Å². The van der Waals surface area contributed by atoms with Gasteiger partial charge in [-0.25, -0.2) is 4.90 Å². The van der Waals surface area contributed by atoms with Crippen molar-refractivity contribution in [1.29, 1.82) is 0 Å². The highest BCUT2D eigenvalue weighted by Crippen LogP contribution is 2.53. The van der Waals surface area contributed by atoms with Gasteiger partial charge < -0.3 is 4.90 Å². The Hall–Kier alpha value is -4.30. The van der Waals surface area contributed by atoms with Gasteiger partial charge in [-0.05, 0) is 41.5 Å². The number of non-ortho nitro benzene ring substituents is 1. The summed E-state index contributed by atoms with van der Waals surface area (Å²) in [5.74, 6) is -3.06. The number of hydrogen-bond donors (Lipinski definition) is 0. The van der Waals surface area contributed by atoms with Crippen LogP contribution < -0.4 is 4.90 Å². The number of halogens is 1. The van der Waals surface area contributed by atoms with Crippen LogP contribution in [-0.2, 0) is 9.59 Å². The molecular formula is C27H18ClN3O5. The predicted octanol–water partition coefficient (Wildman–Crippen LogP) is 4.65. The van der Waals surface area contributed by atoms with Gasteiger partial charge >= 0.3 is 0 Å². The maximum atomic E-state index is 13.9. The molecule has 2 amide bonds. The number of benzene rings is 3. The fourth-order valence-electron chi connectivity index (χ4n) is 5.65. The predicted molar refractivity (Wildman–Crippen MR) is 132 cm³/mol. The van der Waals surface area contributed by atoms with Crippen LogP contribution in [0.3, 0.4) is 0 Å². The molecule has 0 aliphatic carbocycles. The molecule has 0 saturated carbocycles. The normalized spacial score (nSPS) is 23.9. The molecule has 3 aliphatic heterocycles. The SMILES string of the molecule is O=C(c1cccc([N+](=O)[O-])c1)[C@@H]1[C@@H]2C(=O)N(c3ccc(Cl)cc3)C(=O)[C@H]2[C@@H]2c3ccccc3C=CN12. The van der Waals surface area contributed by atoms with Crippen molar-refractivity contribution in [3.05, 3.63) is 111 Å². The van der Waals surface area contributed by atoms with Gasteiger partial charge in [-0.15, -0.1) is 0 Å². The summed E-state index contributed by atoms with van der Waals surface area (Å²) < 4.78 is 0. The molecule has 8 nitrogen and oxygen atoms in total. The second kappa shape index (κ2) is 8.13. The first-order chi connectivity index (χ1) is 17.4. The molecule has 6 rings (SSSR count). The standard InChI is InChI=1S/C27H18ClN3O5/c28-17-8-10-18(11-9-17)30-26(33)21-22(27(30)34)24(25(32)16-5-3-6-19(14-16)31(35)36)29-13-12-15-4-1-2-7-20(15)23(21)29/h1-14,21-24H/t21-,22-,23+,24+/m1/s1. The molecule has 0 bridgehead atoms. The fourth-order valence-corrected chi connectivity index (χ4v) is 5.77. The monoisotopic (exact) mass is 499 g/mol. The van der Waals surface area contributed by atoms with Crippen LogP contribution in [0.4, 0.5) is 11.4 Å². The Kier molecular flexibility index (Phi) is 5.01. The minimum absolute atomic E-state index is 0.117. The Morgan fingerprint density at radius 2 is 1.64 bits per heavy atom. The van der Waals surface area contributed by atoms with Gasteiger partial charge in [-0.1, -0.05) is 48.0 Å². The van der Waals surface area contributed by atoms with Crippen molar-refractivity contribution in [2.75, 3.05) is 4.90 Å². The van der Waals surface area contributed by atoms with E-state index in [0.29, 0.717) is 10.7 Å². The first-order valence-corrected chi connectivity index (χ1v) is 11.7. The van der Waals surface area contributed by atoms with Crippen molar-refractivity contribution >= 4 is 46.6 Å². The molecule has 0 radical (unpaired) electrons. The summed E-state index contributed by atoms with van der Waals surface area (Å²) in [6.45, 7) is 0. The molecule has 0 aromatic heterocycles. The minimum Gasteiger partial charge on any atom is -0.358 e. The van der Waals surface area contributed by atoms with Crippen LogP contribution in [0.25, 0.3) is 6.08 Å². The number of amides is 2. The highest BCUT2D eigenvalue weighted by molar-refractivity contribution is 6.31. The summed E-state index contributed by atoms with van der Waals surface area (Å²) in [6, 6.07) is 17.9. The molecule has 3 heterocycles. The second-order valence-corrected chi connectivity index (χ2v) is 9.43. The second-order valence-electron chi connectivity index (χ2n) is 8.99. The molecule has 0 unspecified atom stereocenters. The number of fused-ring (bicyclic) bond motifs is 5. The molecule has 4 atom stereocenters. The minimum atomic E-state index is -1.000. The third-order valence-electron chi connectivity index (χ3n) is 7.16. The van der Waals surface area contributed by atoms with Crippen molar-refractivity contribution in [2.24, 2.45) is 11.8 Å². The average molecular weight is 500 g/mol. The summed E-state index contributed by atoms with van der Waals surface area (Å²) in [5.41, 5.74) is 2.04. The van der Waals surface area contributed by atoms with Crippen molar-refractivity contribution in [1.82, 2.24) is 4.90 Å². The number of nitro groups is 1. The molecular weight excluding hydrogens is 482 g/mol. The molecule has 2 fully saturated rings. The van der Waals surface area contributed by atoms with Crippen LogP contribution in [0.2, 0.25) is 5.02 Å².